The molecule has 1 saturated carbocycles. The molecule has 1 aliphatic carbocycles. The van der Waals surface area contributed by atoms with Gasteiger partial charge in [0.25, 0.3) is 0 Å². The van der Waals surface area contributed by atoms with Crippen LogP contribution in [0.15, 0.2) is 66.7 Å². The van der Waals surface area contributed by atoms with E-state index in [1.54, 1.807) is 24.3 Å². The monoisotopic (exact) mass is 650 g/mol. The van der Waals surface area contributed by atoms with E-state index < -0.39 is 11.9 Å². The van der Waals surface area contributed by atoms with Gasteiger partial charge in [0.15, 0.2) is 0 Å². The van der Waals surface area contributed by atoms with Crippen LogP contribution in [0.5, 0.6) is 5.75 Å². The number of nitrogens with two attached hydrogens (primary N) is 1. The highest BCUT2D eigenvalue weighted by Crippen LogP contribution is 2.37. The number of imidazole rings is 1. The third-order valence-corrected chi connectivity index (χ3v) is 8.69. The van der Waals surface area contributed by atoms with Crippen molar-refractivity contribution < 1.29 is 28.6 Å². The Kier molecular flexibility index (Phi) is 10.1. The van der Waals surface area contributed by atoms with Gasteiger partial charge in [-0.2, -0.15) is 0 Å². The topological polar surface area (TPSA) is 130 Å². The van der Waals surface area contributed by atoms with E-state index in [4.69, 9.17) is 20.2 Å². The number of rotatable bonds is 11. The highest BCUT2D eigenvalue weighted by molar-refractivity contribution is 7.12. The summed E-state index contributed by atoms with van der Waals surface area (Å²) in [5.74, 6) is -0.427. The zero-order valence-corrected chi connectivity index (χ0v) is 25.9. The number of amides is 1. The summed E-state index contributed by atoms with van der Waals surface area (Å²) in [5, 5.41) is 10.2. The largest absolute Gasteiger partial charge is 0.488 e. The minimum absolute atomic E-state index is 0. The summed E-state index contributed by atoms with van der Waals surface area (Å²) >= 11 is 1.39. The third-order valence-electron chi connectivity index (χ3n) is 7.69. The number of nitrogens with zero attached hydrogens (tertiary/aromatic N) is 3. The number of aromatic carboxylic acids is 1. The molecule has 6 rings (SSSR count). The lowest BCUT2D eigenvalue weighted by atomic mass is 9.95. The van der Waals surface area contributed by atoms with Crippen LogP contribution in [0.4, 0.5) is 4.39 Å². The maximum Gasteiger partial charge on any atom is 0.335 e. The number of carboxylic acids is 1. The summed E-state index contributed by atoms with van der Waals surface area (Å²) in [5.41, 5.74) is 9.31. The first-order valence-electron chi connectivity index (χ1n) is 14.4. The summed E-state index contributed by atoms with van der Waals surface area (Å²) in [6.45, 7) is 0.128. The summed E-state index contributed by atoms with van der Waals surface area (Å²) in [4.78, 5) is 33.1. The SMILES string of the molecule is Cl.NC(=O)COCc1nc(-c2ccc(F)cc2)c(COc2ccc(-c3nc4cc(C(=O)O)ccc4n3C3CCCCC3)cc2)s1. The zero-order valence-electron chi connectivity index (χ0n) is 24.3. The quantitative estimate of drug-likeness (QED) is 0.155. The minimum atomic E-state index is -0.976. The summed E-state index contributed by atoms with van der Waals surface area (Å²) in [6.07, 6.45) is 5.64. The van der Waals surface area contributed by atoms with Crippen LogP contribution in [0.25, 0.3) is 33.7 Å². The first-order valence-corrected chi connectivity index (χ1v) is 15.3. The number of thiazole rings is 1. The molecule has 2 heterocycles. The van der Waals surface area contributed by atoms with Crippen molar-refractivity contribution in [3.63, 3.8) is 0 Å². The van der Waals surface area contributed by atoms with Crippen LogP contribution in [-0.2, 0) is 22.7 Å². The molecule has 3 N–H and O–H groups in total. The highest BCUT2D eigenvalue weighted by atomic mass is 35.5. The van der Waals surface area contributed by atoms with Crippen LogP contribution < -0.4 is 10.5 Å². The second kappa shape index (κ2) is 14.2. The fraction of sp³-hybridized carbons (Fsp3) is 0.273. The molecule has 5 aromatic rings. The number of carbonyl (C=O) groups excluding carboxylic acids is 1. The van der Waals surface area contributed by atoms with Crippen LogP contribution in [-0.4, -0.2) is 38.1 Å². The summed E-state index contributed by atoms with van der Waals surface area (Å²) in [6, 6.07) is 19.2. The van der Waals surface area contributed by atoms with Crippen LogP contribution >= 0.6 is 23.7 Å². The van der Waals surface area contributed by atoms with Crippen molar-refractivity contribution in [2.45, 2.75) is 51.4 Å². The van der Waals surface area contributed by atoms with E-state index in [2.05, 4.69) is 9.55 Å². The molecule has 0 spiro atoms. The Morgan fingerprint density at radius 2 is 1.67 bits per heavy atom. The van der Waals surface area contributed by atoms with E-state index in [0.717, 1.165) is 53.0 Å². The second-order valence-electron chi connectivity index (χ2n) is 10.8. The number of benzene rings is 3. The van der Waals surface area contributed by atoms with Gasteiger partial charge in [0.2, 0.25) is 5.91 Å². The summed E-state index contributed by atoms with van der Waals surface area (Å²) in [7, 11) is 0. The number of halogens is 2. The number of hydrogen-bond acceptors (Lipinski definition) is 7. The molecule has 0 radical (unpaired) electrons. The molecule has 0 bridgehead atoms. The van der Waals surface area contributed by atoms with Gasteiger partial charge >= 0.3 is 5.97 Å². The Hall–Kier alpha value is -4.32. The van der Waals surface area contributed by atoms with Crippen molar-refractivity contribution in [2.75, 3.05) is 6.61 Å². The number of carbonyl (C=O) groups is 2. The fourth-order valence-electron chi connectivity index (χ4n) is 5.63. The number of aromatic nitrogens is 3. The average Bonchev–Trinajstić information content (AvgIpc) is 3.62. The van der Waals surface area contributed by atoms with Crippen molar-refractivity contribution in [3.8, 4) is 28.4 Å². The van der Waals surface area contributed by atoms with Crippen molar-refractivity contribution in [3.05, 3.63) is 88.0 Å². The van der Waals surface area contributed by atoms with E-state index in [0.29, 0.717) is 28.0 Å². The molecule has 12 heteroatoms. The molecule has 0 unspecified atom stereocenters. The van der Waals surface area contributed by atoms with Gasteiger partial charge < -0.3 is 24.9 Å². The van der Waals surface area contributed by atoms with Crippen LogP contribution in [0.1, 0.15) is 58.4 Å². The molecule has 1 aliphatic rings. The zero-order chi connectivity index (χ0) is 30.6. The van der Waals surface area contributed by atoms with Gasteiger partial charge in [-0.1, -0.05) is 19.3 Å². The number of primary amides is 1. The molecule has 0 aliphatic heterocycles. The molecule has 1 amide bonds. The molecule has 0 saturated heterocycles. The van der Waals surface area contributed by atoms with Gasteiger partial charge in [-0.05, 0) is 79.6 Å². The smallest absolute Gasteiger partial charge is 0.335 e. The lowest BCUT2D eigenvalue weighted by molar-refractivity contribution is -0.122. The standard InChI is InChI=1S/C33H31FN4O5S.ClH/c34-23-11-6-20(7-12-23)31-28(44-30(37-31)19-42-18-29(35)39)17-43-25-13-8-21(9-14-25)32-36-26-16-22(33(40)41)10-15-27(26)38(32)24-4-2-1-3-5-24;/h6-16,24H,1-5,17-19H2,(H2,35,39)(H,40,41);1H. The molecule has 1 fully saturated rings. The first kappa shape index (κ1) is 32.1. The predicted molar refractivity (Wildman–Crippen MR) is 172 cm³/mol. The molecular formula is C33H32ClFN4O5S. The maximum absolute atomic E-state index is 13.6. The van der Waals surface area contributed by atoms with Crippen molar-refractivity contribution in [1.29, 1.82) is 0 Å². The Morgan fingerprint density at radius 3 is 2.36 bits per heavy atom. The fourth-order valence-corrected chi connectivity index (χ4v) is 6.57. The van der Waals surface area contributed by atoms with E-state index in [1.165, 1.54) is 29.9 Å². The van der Waals surface area contributed by atoms with Crippen molar-refractivity contribution in [1.82, 2.24) is 14.5 Å². The Balaban J connectivity index is 0.00000400. The average molecular weight is 651 g/mol. The lowest BCUT2D eigenvalue weighted by Gasteiger charge is -2.25. The van der Waals surface area contributed by atoms with Crippen LogP contribution in [0.2, 0.25) is 0 Å². The predicted octanol–water partition coefficient (Wildman–Crippen LogP) is 7.17. The molecule has 0 atom stereocenters. The van der Waals surface area contributed by atoms with E-state index in [-0.39, 0.29) is 43.6 Å². The van der Waals surface area contributed by atoms with E-state index in [1.807, 2.05) is 30.3 Å². The van der Waals surface area contributed by atoms with E-state index >= 15 is 0 Å². The highest BCUT2D eigenvalue weighted by Gasteiger charge is 2.23. The van der Waals surface area contributed by atoms with Crippen LogP contribution in [0, 0.1) is 5.82 Å². The lowest BCUT2D eigenvalue weighted by Crippen LogP contribution is -2.17. The third kappa shape index (κ3) is 7.33. The van der Waals surface area contributed by atoms with Crippen molar-refractivity contribution in [2.24, 2.45) is 5.73 Å². The molecule has 9 nitrogen and oxygen atoms in total. The second-order valence-corrected chi connectivity index (χ2v) is 11.9. The van der Waals surface area contributed by atoms with Gasteiger partial charge in [-0.15, -0.1) is 23.7 Å². The molecule has 2 aromatic heterocycles. The molecule has 45 heavy (non-hydrogen) atoms. The number of hydrogen-bond donors (Lipinski definition) is 2. The first-order chi connectivity index (χ1) is 21.4. The van der Waals surface area contributed by atoms with Crippen LogP contribution in [0.3, 0.4) is 0 Å². The number of ether oxygens (including phenoxy) is 2. The van der Waals surface area contributed by atoms with Gasteiger partial charge in [-0.25, -0.2) is 19.2 Å². The van der Waals surface area contributed by atoms with Gasteiger partial charge in [0.1, 0.15) is 35.6 Å². The van der Waals surface area contributed by atoms with Gasteiger partial charge in [-0.3, -0.25) is 4.79 Å². The number of fused-ring (bicyclic) bond motifs is 1. The Labute approximate surface area is 269 Å². The maximum atomic E-state index is 13.6. The summed E-state index contributed by atoms with van der Waals surface area (Å²) < 4.78 is 27.4. The molecule has 234 valence electrons. The Bertz CT molecular complexity index is 1800. The normalized spacial score (nSPS) is 13.4. The van der Waals surface area contributed by atoms with Gasteiger partial charge in [0, 0.05) is 17.2 Å². The molecule has 3 aromatic carbocycles. The number of carboxylic acid groups (broad SMARTS) is 1. The minimum Gasteiger partial charge on any atom is -0.488 e. The molecular weight excluding hydrogens is 619 g/mol. The van der Waals surface area contributed by atoms with Crippen molar-refractivity contribution >= 4 is 46.7 Å². The van der Waals surface area contributed by atoms with Gasteiger partial charge in [0.05, 0.1) is 33.8 Å². The Morgan fingerprint density at radius 1 is 0.956 bits per heavy atom. The van der Waals surface area contributed by atoms with E-state index in [9.17, 15) is 19.1 Å².